The Bertz CT molecular complexity index is 1120. The summed E-state index contributed by atoms with van der Waals surface area (Å²) in [5.74, 6) is 0.330. The predicted octanol–water partition coefficient (Wildman–Crippen LogP) is 1.75. The van der Waals surface area contributed by atoms with E-state index in [2.05, 4.69) is 25.4 Å². The van der Waals surface area contributed by atoms with Crippen LogP contribution in [-0.2, 0) is 22.5 Å². The predicted molar refractivity (Wildman–Crippen MR) is 110 cm³/mol. The average Bonchev–Trinajstić information content (AvgIpc) is 3.15. The maximum atomic E-state index is 13.7. The van der Waals surface area contributed by atoms with Crippen molar-refractivity contribution in [3.05, 3.63) is 65.2 Å². The normalized spacial score (nSPS) is 13.5. The van der Waals surface area contributed by atoms with Gasteiger partial charge in [-0.25, -0.2) is 9.37 Å². The highest BCUT2D eigenvalue weighted by molar-refractivity contribution is 5.91. The van der Waals surface area contributed by atoms with E-state index in [1.54, 1.807) is 25.4 Å². The summed E-state index contributed by atoms with van der Waals surface area (Å²) in [5, 5.41) is 19.7. The molecule has 1 aliphatic heterocycles. The molecule has 0 bridgehead atoms. The van der Waals surface area contributed by atoms with Crippen LogP contribution in [0.2, 0.25) is 0 Å². The number of rotatable bonds is 7. The third-order valence-corrected chi connectivity index (χ3v) is 4.96. The first kappa shape index (κ1) is 20.4. The molecule has 158 valence electrons. The van der Waals surface area contributed by atoms with Crippen molar-refractivity contribution in [2.45, 2.75) is 19.1 Å². The summed E-state index contributed by atoms with van der Waals surface area (Å²) in [6.45, 7) is 1.84. The van der Waals surface area contributed by atoms with Crippen LogP contribution in [-0.4, -0.2) is 52.2 Å². The van der Waals surface area contributed by atoms with Crippen LogP contribution in [0.5, 0.6) is 0 Å². The second-order valence-corrected chi connectivity index (χ2v) is 7.20. The summed E-state index contributed by atoms with van der Waals surface area (Å²) >= 11 is 0. The Morgan fingerprint density at radius 2 is 2.10 bits per heavy atom. The number of nitrogens with zero attached hydrogens (tertiary/aromatic N) is 6. The molecule has 1 aliphatic rings. The molecule has 31 heavy (non-hydrogen) atoms. The van der Waals surface area contributed by atoms with E-state index in [0.29, 0.717) is 11.4 Å². The smallest absolute Gasteiger partial charge is 0.230 e. The number of hydrogen-bond acceptors (Lipinski definition) is 7. The number of nitriles is 1. The number of benzene rings is 1. The Kier molecular flexibility index (Phi) is 5.86. The number of halogens is 1. The SMILES string of the molecule is COC1CN(c2ccc(CC(=O)Nc3cnn(Cc4ccc(C#N)c(F)c4)n3)cn2)C1. The highest BCUT2D eigenvalue weighted by Crippen LogP contribution is 2.20. The molecular formula is C21H20FN7O2. The van der Waals surface area contributed by atoms with Crippen LogP contribution in [0.4, 0.5) is 16.0 Å². The van der Waals surface area contributed by atoms with Crippen LogP contribution >= 0.6 is 0 Å². The third kappa shape index (κ3) is 4.84. The minimum atomic E-state index is -0.590. The van der Waals surface area contributed by atoms with Gasteiger partial charge in [-0.1, -0.05) is 12.1 Å². The summed E-state index contributed by atoms with van der Waals surface area (Å²) in [6.07, 6.45) is 3.51. The van der Waals surface area contributed by atoms with E-state index in [4.69, 9.17) is 10.00 Å². The number of nitrogens with one attached hydrogen (secondary N) is 1. The zero-order valence-corrected chi connectivity index (χ0v) is 16.8. The van der Waals surface area contributed by atoms with E-state index in [-0.39, 0.29) is 30.5 Å². The molecule has 1 fully saturated rings. The van der Waals surface area contributed by atoms with Gasteiger partial charge in [-0.15, -0.1) is 5.10 Å². The number of amides is 1. The van der Waals surface area contributed by atoms with Crippen molar-refractivity contribution in [2.24, 2.45) is 0 Å². The number of hydrogen-bond donors (Lipinski definition) is 1. The van der Waals surface area contributed by atoms with Crippen LogP contribution in [0.1, 0.15) is 16.7 Å². The molecule has 0 radical (unpaired) electrons. The summed E-state index contributed by atoms with van der Waals surface area (Å²) in [4.78, 5) is 20.2. The standard InChI is InChI=1S/C21H20FN7O2/c1-31-17-12-28(13-17)20-5-3-14(9-24-20)7-21(30)26-19-10-25-29(27-19)11-15-2-4-16(8-23)18(22)6-15/h2-6,9-10,17H,7,11-13H2,1H3,(H,26,27,30). The van der Waals surface area contributed by atoms with Gasteiger partial charge in [0.05, 0.1) is 30.8 Å². The van der Waals surface area contributed by atoms with E-state index in [1.807, 2.05) is 12.1 Å². The maximum Gasteiger partial charge on any atom is 0.230 e. The molecule has 0 unspecified atom stereocenters. The number of carbonyl (C=O) groups excluding carboxylic acids is 1. The Morgan fingerprint density at radius 3 is 2.77 bits per heavy atom. The van der Waals surface area contributed by atoms with Crippen LogP contribution in [0.15, 0.2) is 42.7 Å². The van der Waals surface area contributed by atoms with Crippen molar-refractivity contribution < 1.29 is 13.9 Å². The lowest BCUT2D eigenvalue weighted by Gasteiger charge is -2.39. The monoisotopic (exact) mass is 421 g/mol. The highest BCUT2D eigenvalue weighted by atomic mass is 19.1. The fourth-order valence-electron chi connectivity index (χ4n) is 3.20. The van der Waals surface area contributed by atoms with Gasteiger partial charge in [0.1, 0.15) is 17.7 Å². The maximum absolute atomic E-state index is 13.7. The third-order valence-electron chi connectivity index (χ3n) is 4.96. The molecule has 0 aliphatic carbocycles. The second kappa shape index (κ2) is 8.89. The van der Waals surface area contributed by atoms with Gasteiger partial charge in [-0.3, -0.25) is 4.79 Å². The molecule has 4 rings (SSSR count). The Labute approximate surface area is 178 Å². The lowest BCUT2D eigenvalue weighted by Crippen LogP contribution is -2.52. The minimum Gasteiger partial charge on any atom is -0.378 e. The van der Waals surface area contributed by atoms with E-state index < -0.39 is 5.82 Å². The molecule has 2 aromatic heterocycles. The molecule has 9 nitrogen and oxygen atoms in total. The minimum absolute atomic E-state index is 0.0169. The van der Waals surface area contributed by atoms with Crippen molar-refractivity contribution in [1.82, 2.24) is 20.0 Å². The van der Waals surface area contributed by atoms with Gasteiger partial charge in [0.25, 0.3) is 0 Å². The van der Waals surface area contributed by atoms with Gasteiger partial charge < -0.3 is 15.0 Å². The molecule has 0 spiro atoms. The second-order valence-electron chi connectivity index (χ2n) is 7.20. The summed E-state index contributed by atoms with van der Waals surface area (Å²) in [5.41, 5.74) is 1.37. The van der Waals surface area contributed by atoms with Crippen LogP contribution in [0, 0.1) is 17.1 Å². The Balaban J connectivity index is 1.30. The van der Waals surface area contributed by atoms with Gasteiger partial charge in [0.2, 0.25) is 5.91 Å². The van der Waals surface area contributed by atoms with Gasteiger partial charge in [-0.2, -0.15) is 15.2 Å². The molecule has 1 saturated heterocycles. The lowest BCUT2D eigenvalue weighted by atomic mass is 10.1. The van der Waals surface area contributed by atoms with Gasteiger partial charge in [0.15, 0.2) is 5.82 Å². The van der Waals surface area contributed by atoms with Crippen molar-refractivity contribution in [2.75, 3.05) is 30.4 Å². The van der Waals surface area contributed by atoms with Crippen molar-refractivity contribution >= 4 is 17.5 Å². The first-order valence-electron chi connectivity index (χ1n) is 9.65. The summed E-state index contributed by atoms with van der Waals surface area (Å²) in [6, 6.07) is 9.86. The largest absolute Gasteiger partial charge is 0.378 e. The van der Waals surface area contributed by atoms with Crippen LogP contribution in [0.3, 0.4) is 0 Å². The Morgan fingerprint density at radius 1 is 1.29 bits per heavy atom. The topological polar surface area (TPSA) is 109 Å². The van der Waals surface area contributed by atoms with E-state index in [1.165, 1.54) is 23.1 Å². The molecule has 0 atom stereocenters. The van der Waals surface area contributed by atoms with Gasteiger partial charge >= 0.3 is 0 Å². The number of anilines is 2. The average molecular weight is 421 g/mol. The molecule has 1 amide bonds. The number of carbonyl (C=O) groups is 1. The summed E-state index contributed by atoms with van der Waals surface area (Å²) in [7, 11) is 1.70. The number of ether oxygens (including phenoxy) is 1. The van der Waals surface area contributed by atoms with E-state index in [9.17, 15) is 9.18 Å². The van der Waals surface area contributed by atoms with Gasteiger partial charge in [0, 0.05) is 26.4 Å². The summed E-state index contributed by atoms with van der Waals surface area (Å²) < 4.78 is 19.0. The lowest BCUT2D eigenvalue weighted by molar-refractivity contribution is -0.115. The number of methoxy groups -OCH3 is 1. The number of aromatic nitrogens is 4. The first-order chi connectivity index (χ1) is 15.0. The van der Waals surface area contributed by atoms with Gasteiger partial charge in [-0.05, 0) is 29.3 Å². The molecule has 10 heteroatoms. The van der Waals surface area contributed by atoms with Crippen LogP contribution < -0.4 is 10.2 Å². The fraction of sp³-hybridized carbons (Fsp3) is 0.286. The van der Waals surface area contributed by atoms with Crippen molar-refractivity contribution in [1.29, 1.82) is 5.26 Å². The fourth-order valence-corrected chi connectivity index (χ4v) is 3.20. The molecule has 0 saturated carbocycles. The quantitative estimate of drug-likeness (QED) is 0.619. The van der Waals surface area contributed by atoms with E-state index in [0.717, 1.165) is 24.5 Å². The van der Waals surface area contributed by atoms with E-state index >= 15 is 0 Å². The molecule has 1 N–H and O–H groups in total. The zero-order chi connectivity index (χ0) is 21.8. The molecule has 1 aromatic carbocycles. The van der Waals surface area contributed by atoms with Crippen LogP contribution in [0.25, 0.3) is 0 Å². The number of pyridine rings is 1. The molecular weight excluding hydrogens is 401 g/mol. The molecule has 3 heterocycles. The first-order valence-corrected chi connectivity index (χ1v) is 9.65. The highest BCUT2D eigenvalue weighted by Gasteiger charge is 2.27. The molecule has 3 aromatic rings. The Hall–Kier alpha value is -3.84. The zero-order valence-electron chi connectivity index (χ0n) is 16.8. The van der Waals surface area contributed by atoms with Crippen molar-refractivity contribution in [3.63, 3.8) is 0 Å². The van der Waals surface area contributed by atoms with Crippen molar-refractivity contribution in [3.8, 4) is 6.07 Å².